The standard InChI is InChI=1S/C10H15N3O/c1-8-9(4-11)5-13(12-8)6-10(2,3)7-14/h5,14H,6-7H2,1-3H3. The molecule has 0 saturated carbocycles. The van der Waals surface area contributed by atoms with Crippen molar-refractivity contribution in [2.24, 2.45) is 5.41 Å². The number of aliphatic hydroxyl groups excluding tert-OH is 1. The lowest BCUT2D eigenvalue weighted by Crippen LogP contribution is -2.24. The van der Waals surface area contributed by atoms with Crippen LogP contribution in [0, 0.1) is 23.7 Å². The molecule has 0 radical (unpaired) electrons. The van der Waals surface area contributed by atoms with E-state index in [2.05, 4.69) is 11.2 Å². The van der Waals surface area contributed by atoms with E-state index >= 15 is 0 Å². The predicted molar refractivity (Wildman–Crippen MR) is 52.5 cm³/mol. The molecule has 4 nitrogen and oxygen atoms in total. The summed E-state index contributed by atoms with van der Waals surface area (Å²) in [4.78, 5) is 0. The average molecular weight is 193 g/mol. The molecule has 0 aliphatic carbocycles. The number of aromatic nitrogens is 2. The molecule has 14 heavy (non-hydrogen) atoms. The summed E-state index contributed by atoms with van der Waals surface area (Å²) in [7, 11) is 0. The second kappa shape index (κ2) is 3.81. The zero-order chi connectivity index (χ0) is 10.8. The van der Waals surface area contributed by atoms with Gasteiger partial charge in [-0.15, -0.1) is 0 Å². The van der Waals surface area contributed by atoms with Gasteiger partial charge in [0.1, 0.15) is 6.07 Å². The molecule has 0 fully saturated rings. The van der Waals surface area contributed by atoms with Crippen LogP contribution in [-0.2, 0) is 6.54 Å². The first kappa shape index (κ1) is 10.7. The van der Waals surface area contributed by atoms with Crippen molar-refractivity contribution in [2.75, 3.05) is 6.61 Å². The lowest BCUT2D eigenvalue weighted by atomic mass is 9.95. The van der Waals surface area contributed by atoms with Gasteiger partial charge in [-0.25, -0.2) is 0 Å². The third-order valence-corrected chi connectivity index (χ3v) is 2.08. The van der Waals surface area contributed by atoms with Gasteiger partial charge in [-0.3, -0.25) is 4.68 Å². The van der Waals surface area contributed by atoms with Gasteiger partial charge in [-0.05, 0) is 6.92 Å². The summed E-state index contributed by atoms with van der Waals surface area (Å²) in [5.74, 6) is 0. The molecular weight excluding hydrogens is 178 g/mol. The van der Waals surface area contributed by atoms with Crippen LogP contribution in [0.2, 0.25) is 0 Å². The van der Waals surface area contributed by atoms with Crippen molar-refractivity contribution in [2.45, 2.75) is 27.3 Å². The summed E-state index contributed by atoms with van der Waals surface area (Å²) < 4.78 is 1.71. The summed E-state index contributed by atoms with van der Waals surface area (Å²) in [6.07, 6.45) is 1.72. The number of aliphatic hydroxyl groups is 1. The molecule has 1 rings (SSSR count). The van der Waals surface area contributed by atoms with Crippen LogP contribution in [0.3, 0.4) is 0 Å². The molecule has 76 valence electrons. The van der Waals surface area contributed by atoms with E-state index in [0.717, 1.165) is 5.69 Å². The van der Waals surface area contributed by atoms with Crippen molar-refractivity contribution >= 4 is 0 Å². The Balaban J connectivity index is 2.84. The Morgan fingerprint density at radius 2 is 2.29 bits per heavy atom. The van der Waals surface area contributed by atoms with Crippen LogP contribution < -0.4 is 0 Å². The highest BCUT2D eigenvalue weighted by Crippen LogP contribution is 2.17. The van der Waals surface area contributed by atoms with E-state index in [4.69, 9.17) is 10.4 Å². The molecule has 0 spiro atoms. The minimum Gasteiger partial charge on any atom is -0.396 e. The molecule has 0 atom stereocenters. The molecule has 1 aromatic heterocycles. The Hall–Kier alpha value is -1.34. The Morgan fingerprint density at radius 1 is 1.64 bits per heavy atom. The number of rotatable bonds is 3. The van der Waals surface area contributed by atoms with Crippen molar-refractivity contribution in [1.29, 1.82) is 5.26 Å². The quantitative estimate of drug-likeness (QED) is 0.781. The van der Waals surface area contributed by atoms with Crippen LogP contribution in [0.5, 0.6) is 0 Å². The largest absolute Gasteiger partial charge is 0.396 e. The van der Waals surface area contributed by atoms with Gasteiger partial charge in [-0.2, -0.15) is 10.4 Å². The Morgan fingerprint density at radius 3 is 2.71 bits per heavy atom. The van der Waals surface area contributed by atoms with E-state index in [1.54, 1.807) is 17.8 Å². The van der Waals surface area contributed by atoms with Crippen LogP contribution in [0.25, 0.3) is 0 Å². The lowest BCUT2D eigenvalue weighted by molar-refractivity contribution is 0.136. The van der Waals surface area contributed by atoms with Gasteiger partial charge in [0.05, 0.1) is 11.3 Å². The van der Waals surface area contributed by atoms with Crippen molar-refractivity contribution in [3.63, 3.8) is 0 Å². The normalized spacial score (nSPS) is 11.4. The smallest absolute Gasteiger partial charge is 0.103 e. The Kier molecular flexibility index (Phi) is 2.92. The molecular formula is C10H15N3O. The fourth-order valence-electron chi connectivity index (χ4n) is 1.20. The topological polar surface area (TPSA) is 61.8 Å². The molecule has 1 aromatic rings. The van der Waals surface area contributed by atoms with E-state index < -0.39 is 0 Å². The van der Waals surface area contributed by atoms with Crippen molar-refractivity contribution < 1.29 is 5.11 Å². The molecule has 0 bridgehead atoms. The van der Waals surface area contributed by atoms with Crippen LogP contribution in [0.4, 0.5) is 0 Å². The first-order valence-electron chi connectivity index (χ1n) is 4.53. The molecule has 0 aliphatic heterocycles. The van der Waals surface area contributed by atoms with Crippen molar-refractivity contribution in [3.05, 3.63) is 17.5 Å². The molecule has 4 heteroatoms. The summed E-state index contributed by atoms with van der Waals surface area (Å²) >= 11 is 0. The molecule has 1 heterocycles. The van der Waals surface area contributed by atoms with Crippen LogP contribution in [0.15, 0.2) is 6.20 Å². The average Bonchev–Trinajstić information content (AvgIpc) is 2.45. The highest BCUT2D eigenvalue weighted by molar-refractivity contribution is 5.29. The fraction of sp³-hybridized carbons (Fsp3) is 0.600. The maximum absolute atomic E-state index is 9.08. The van der Waals surface area contributed by atoms with Gasteiger partial charge >= 0.3 is 0 Å². The van der Waals surface area contributed by atoms with Crippen molar-refractivity contribution in [1.82, 2.24) is 9.78 Å². The Bertz CT molecular complexity index is 360. The summed E-state index contributed by atoms with van der Waals surface area (Å²) in [5.41, 5.74) is 1.13. The minimum atomic E-state index is -0.203. The molecule has 0 amide bonds. The van der Waals surface area contributed by atoms with E-state index in [1.165, 1.54) is 0 Å². The zero-order valence-electron chi connectivity index (χ0n) is 8.78. The summed E-state index contributed by atoms with van der Waals surface area (Å²) in [5, 5.41) is 22.0. The van der Waals surface area contributed by atoms with E-state index in [0.29, 0.717) is 12.1 Å². The number of nitriles is 1. The number of hydrogen-bond donors (Lipinski definition) is 1. The first-order chi connectivity index (χ1) is 6.48. The van der Waals surface area contributed by atoms with E-state index in [-0.39, 0.29) is 12.0 Å². The van der Waals surface area contributed by atoms with E-state index in [1.807, 2.05) is 13.8 Å². The monoisotopic (exact) mass is 193 g/mol. The zero-order valence-corrected chi connectivity index (χ0v) is 8.78. The van der Waals surface area contributed by atoms with Crippen LogP contribution >= 0.6 is 0 Å². The molecule has 0 aromatic carbocycles. The third-order valence-electron chi connectivity index (χ3n) is 2.08. The number of hydrogen-bond acceptors (Lipinski definition) is 3. The highest BCUT2D eigenvalue weighted by Gasteiger charge is 2.18. The fourth-order valence-corrected chi connectivity index (χ4v) is 1.20. The molecule has 0 unspecified atom stereocenters. The van der Waals surface area contributed by atoms with Gasteiger partial charge < -0.3 is 5.11 Å². The highest BCUT2D eigenvalue weighted by atomic mass is 16.3. The molecule has 1 N–H and O–H groups in total. The number of aryl methyl sites for hydroxylation is 1. The van der Waals surface area contributed by atoms with Gasteiger partial charge in [-0.1, -0.05) is 13.8 Å². The summed E-state index contributed by atoms with van der Waals surface area (Å²) in [6.45, 7) is 6.44. The Labute approximate surface area is 83.8 Å². The number of nitrogens with zero attached hydrogens (tertiary/aromatic N) is 3. The minimum absolute atomic E-state index is 0.105. The molecule has 0 saturated heterocycles. The second-order valence-electron chi connectivity index (χ2n) is 4.26. The first-order valence-corrected chi connectivity index (χ1v) is 4.53. The predicted octanol–water partition coefficient (Wildman–Crippen LogP) is 1.08. The van der Waals surface area contributed by atoms with Gasteiger partial charge in [0.15, 0.2) is 0 Å². The summed E-state index contributed by atoms with van der Waals surface area (Å²) in [6, 6.07) is 2.07. The van der Waals surface area contributed by atoms with Gasteiger partial charge in [0, 0.05) is 24.8 Å². The van der Waals surface area contributed by atoms with Crippen LogP contribution in [-0.4, -0.2) is 21.5 Å². The van der Waals surface area contributed by atoms with Crippen LogP contribution in [0.1, 0.15) is 25.1 Å². The second-order valence-corrected chi connectivity index (χ2v) is 4.26. The SMILES string of the molecule is Cc1nn(CC(C)(C)CO)cc1C#N. The maximum Gasteiger partial charge on any atom is 0.103 e. The van der Waals surface area contributed by atoms with Crippen molar-refractivity contribution in [3.8, 4) is 6.07 Å². The lowest BCUT2D eigenvalue weighted by Gasteiger charge is -2.20. The van der Waals surface area contributed by atoms with Gasteiger partial charge in [0.2, 0.25) is 0 Å². The maximum atomic E-state index is 9.08. The molecule has 0 aliphatic rings. The van der Waals surface area contributed by atoms with Gasteiger partial charge in [0.25, 0.3) is 0 Å². The third kappa shape index (κ3) is 2.33. The van der Waals surface area contributed by atoms with E-state index in [9.17, 15) is 0 Å².